The first-order valence-corrected chi connectivity index (χ1v) is 9.19. The predicted octanol–water partition coefficient (Wildman–Crippen LogP) is 1.43. The quantitative estimate of drug-likeness (QED) is 0.725. The Morgan fingerprint density at radius 1 is 0.828 bits per heavy atom. The molecule has 2 aromatic rings. The van der Waals surface area contributed by atoms with Crippen molar-refractivity contribution in [3.63, 3.8) is 0 Å². The average molecular weight is 400 g/mol. The molecule has 152 valence electrons. The maximum atomic E-state index is 12.4. The maximum absolute atomic E-state index is 12.4. The highest BCUT2D eigenvalue weighted by Crippen LogP contribution is 2.31. The summed E-state index contributed by atoms with van der Waals surface area (Å²) in [5.74, 6) is -1.01. The monoisotopic (exact) mass is 400 g/mol. The molecule has 4 atom stereocenters. The molecule has 4 rings (SSSR count). The van der Waals surface area contributed by atoms with E-state index >= 15 is 0 Å². The molecule has 0 aliphatic carbocycles. The van der Waals surface area contributed by atoms with E-state index in [0.717, 1.165) is 0 Å². The highest BCUT2D eigenvalue weighted by Gasteiger charge is 2.51. The summed E-state index contributed by atoms with van der Waals surface area (Å²) in [4.78, 5) is 24.6. The predicted molar refractivity (Wildman–Crippen MR) is 98.4 cm³/mol. The SMILES string of the molecule is O=C(O[C@@H]1CO[C@H]2[C@@H]1OC[C@H]2OC(=O)c1ccc(CO)cc1)c1ccc(O)cc1. The lowest BCUT2D eigenvalue weighted by Gasteiger charge is -2.17. The third-order valence-electron chi connectivity index (χ3n) is 4.95. The Balaban J connectivity index is 1.35. The lowest BCUT2D eigenvalue weighted by Crippen LogP contribution is -2.36. The third kappa shape index (κ3) is 4.09. The summed E-state index contributed by atoms with van der Waals surface area (Å²) in [6.45, 7) is 0.176. The normalized spacial score (nSPS) is 25.4. The van der Waals surface area contributed by atoms with E-state index in [1.54, 1.807) is 24.3 Å². The van der Waals surface area contributed by atoms with Crippen molar-refractivity contribution < 1.29 is 38.7 Å². The van der Waals surface area contributed by atoms with Crippen molar-refractivity contribution in [2.75, 3.05) is 13.2 Å². The number of phenolic OH excluding ortho intramolecular Hbond substituents is 1. The van der Waals surface area contributed by atoms with Crippen molar-refractivity contribution in [3.8, 4) is 5.75 Å². The van der Waals surface area contributed by atoms with E-state index < -0.39 is 36.4 Å². The second kappa shape index (κ2) is 8.20. The fourth-order valence-corrected chi connectivity index (χ4v) is 3.39. The van der Waals surface area contributed by atoms with Gasteiger partial charge >= 0.3 is 11.9 Å². The Morgan fingerprint density at radius 3 is 1.72 bits per heavy atom. The molecular weight excluding hydrogens is 380 g/mol. The number of rotatable bonds is 5. The molecule has 0 amide bonds. The molecule has 0 spiro atoms. The molecule has 2 aliphatic rings. The van der Waals surface area contributed by atoms with Gasteiger partial charge in [-0.1, -0.05) is 12.1 Å². The van der Waals surface area contributed by atoms with Gasteiger partial charge in [0.05, 0.1) is 30.9 Å². The summed E-state index contributed by atoms with van der Waals surface area (Å²) in [6, 6.07) is 12.2. The fraction of sp³-hybridized carbons (Fsp3) is 0.333. The number of aliphatic hydroxyl groups excluding tert-OH is 1. The number of hydrogen-bond donors (Lipinski definition) is 2. The Morgan fingerprint density at radius 2 is 1.28 bits per heavy atom. The number of fused-ring (bicyclic) bond motifs is 1. The summed E-state index contributed by atoms with van der Waals surface area (Å²) < 4.78 is 22.4. The average Bonchev–Trinajstić information content (AvgIpc) is 3.32. The van der Waals surface area contributed by atoms with Crippen LogP contribution in [0.2, 0.25) is 0 Å². The number of ether oxygens (including phenoxy) is 4. The Bertz CT molecular complexity index is 877. The number of aromatic hydroxyl groups is 1. The van der Waals surface area contributed by atoms with Crippen LogP contribution in [-0.2, 0) is 25.6 Å². The lowest BCUT2D eigenvalue weighted by atomic mass is 10.1. The van der Waals surface area contributed by atoms with Gasteiger partial charge in [-0.3, -0.25) is 0 Å². The van der Waals surface area contributed by atoms with E-state index in [2.05, 4.69) is 0 Å². The first-order chi connectivity index (χ1) is 14.0. The molecule has 8 heteroatoms. The summed E-state index contributed by atoms with van der Waals surface area (Å²) in [6.07, 6.45) is -2.27. The van der Waals surface area contributed by atoms with E-state index in [1.165, 1.54) is 24.3 Å². The van der Waals surface area contributed by atoms with Gasteiger partial charge in [0.1, 0.15) is 18.0 Å². The van der Waals surface area contributed by atoms with E-state index in [9.17, 15) is 14.7 Å². The van der Waals surface area contributed by atoms with E-state index in [1.807, 2.05) is 0 Å². The molecule has 0 unspecified atom stereocenters. The largest absolute Gasteiger partial charge is 0.508 e. The molecule has 2 aromatic carbocycles. The van der Waals surface area contributed by atoms with E-state index in [-0.39, 0.29) is 25.6 Å². The Labute approximate surface area is 166 Å². The van der Waals surface area contributed by atoms with Crippen LogP contribution >= 0.6 is 0 Å². The van der Waals surface area contributed by atoms with Gasteiger partial charge in [-0.15, -0.1) is 0 Å². The van der Waals surface area contributed by atoms with Gasteiger partial charge in [-0.2, -0.15) is 0 Å². The van der Waals surface area contributed by atoms with Gasteiger partial charge in [-0.05, 0) is 42.0 Å². The number of carbonyl (C=O) groups excluding carboxylic acids is 2. The van der Waals surface area contributed by atoms with Crippen LogP contribution in [0.25, 0.3) is 0 Å². The minimum absolute atomic E-state index is 0.0561. The smallest absolute Gasteiger partial charge is 0.338 e. The molecule has 2 saturated heterocycles. The summed E-state index contributed by atoms with van der Waals surface area (Å²) >= 11 is 0. The third-order valence-corrected chi connectivity index (χ3v) is 4.95. The minimum atomic E-state index is -0.617. The molecule has 0 bridgehead atoms. The van der Waals surface area contributed by atoms with Gasteiger partial charge in [0, 0.05) is 0 Å². The number of hydrogen-bond acceptors (Lipinski definition) is 8. The molecule has 2 fully saturated rings. The van der Waals surface area contributed by atoms with Gasteiger partial charge < -0.3 is 29.2 Å². The molecular formula is C21H20O8. The first kappa shape index (κ1) is 19.4. The molecule has 2 heterocycles. The van der Waals surface area contributed by atoms with Crippen molar-refractivity contribution >= 4 is 11.9 Å². The van der Waals surface area contributed by atoms with Crippen LogP contribution in [0.4, 0.5) is 0 Å². The number of aliphatic hydroxyl groups is 1. The van der Waals surface area contributed by atoms with Gasteiger partial charge in [0.25, 0.3) is 0 Å². The summed E-state index contributed by atoms with van der Waals surface area (Å²) in [7, 11) is 0. The highest BCUT2D eigenvalue weighted by molar-refractivity contribution is 5.90. The van der Waals surface area contributed by atoms with Crippen molar-refractivity contribution in [2.24, 2.45) is 0 Å². The lowest BCUT2D eigenvalue weighted by molar-refractivity contribution is -0.0287. The Hall–Kier alpha value is -2.94. The molecule has 2 N–H and O–H groups in total. The van der Waals surface area contributed by atoms with Crippen molar-refractivity contribution in [1.82, 2.24) is 0 Å². The van der Waals surface area contributed by atoms with Crippen LogP contribution < -0.4 is 0 Å². The molecule has 8 nitrogen and oxygen atoms in total. The second-order valence-electron chi connectivity index (χ2n) is 6.89. The molecule has 2 aliphatic heterocycles. The molecule has 0 aromatic heterocycles. The van der Waals surface area contributed by atoms with Gasteiger partial charge in [-0.25, -0.2) is 9.59 Å². The van der Waals surface area contributed by atoms with Gasteiger partial charge in [0.15, 0.2) is 12.2 Å². The summed E-state index contributed by atoms with van der Waals surface area (Å²) in [5, 5.41) is 18.4. The van der Waals surface area contributed by atoms with E-state index in [4.69, 9.17) is 24.1 Å². The van der Waals surface area contributed by atoms with Crippen LogP contribution in [0.1, 0.15) is 26.3 Å². The van der Waals surface area contributed by atoms with Crippen molar-refractivity contribution in [1.29, 1.82) is 0 Å². The Kier molecular flexibility index (Phi) is 5.48. The fourth-order valence-electron chi connectivity index (χ4n) is 3.39. The minimum Gasteiger partial charge on any atom is -0.508 e. The highest BCUT2D eigenvalue weighted by atomic mass is 16.7. The first-order valence-electron chi connectivity index (χ1n) is 9.19. The second-order valence-corrected chi connectivity index (χ2v) is 6.89. The van der Waals surface area contributed by atoms with Crippen LogP contribution in [0.5, 0.6) is 5.75 Å². The molecule has 29 heavy (non-hydrogen) atoms. The zero-order chi connectivity index (χ0) is 20.4. The number of benzene rings is 2. The summed E-state index contributed by atoms with van der Waals surface area (Å²) in [5.41, 5.74) is 1.36. The molecule has 0 radical (unpaired) electrons. The number of carbonyl (C=O) groups is 2. The van der Waals surface area contributed by atoms with Gasteiger partial charge in [0.2, 0.25) is 0 Å². The van der Waals surface area contributed by atoms with Crippen LogP contribution in [0.3, 0.4) is 0 Å². The van der Waals surface area contributed by atoms with Crippen LogP contribution in [0.15, 0.2) is 48.5 Å². The standard InChI is InChI=1S/C21H20O8/c22-9-12-1-3-13(4-2-12)20(24)28-16-10-26-19-17(11-27-18(16)19)29-21(25)14-5-7-15(23)8-6-14/h1-8,16-19,22-23H,9-11H2/t16-,17-,18-,19-/m1/s1. The van der Waals surface area contributed by atoms with Crippen LogP contribution in [0, 0.1) is 0 Å². The zero-order valence-electron chi connectivity index (χ0n) is 15.4. The maximum Gasteiger partial charge on any atom is 0.338 e. The van der Waals surface area contributed by atoms with Crippen LogP contribution in [-0.4, -0.2) is 59.8 Å². The van der Waals surface area contributed by atoms with Crippen molar-refractivity contribution in [3.05, 3.63) is 65.2 Å². The van der Waals surface area contributed by atoms with E-state index in [0.29, 0.717) is 16.7 Å². The van der Waals surface area contributed by atoms with Crippen molar-refractivity contribution in [2.45, 2.75) is 31.0 Å². The zero-order valence-corrected chi connectivity index (χ0v) is 15.4. The molecule has 0 saturated carbocycles. The topological polar surface area (TPSA) is 112 Å². The number of esters is 2. The number of phenols is 1.